The van der Waals surface area contributed by atoms with E-state index >= 15 is 0 Å². The summed E-state index contributed by atoms with van der Waals surface area (Å²) in [6.07, 6.45) is 6.38. The Kier molecular flexibility index (Phi) is 6.20. The lowest BCUT2D eigenvalue weighted by atomic mass is 9.71. The third-order valence-electron chi connectivity index (χ3n) is 7.21. The average molecular weight is 457 g/mol. The molecule has 3 atom stereocenters. The van der Waals surface area contributed by atoms with Crippen LogP contribution in [0.5, 0.6) is 0 Å². The summed E-state index contributed by atoms with van der Waals surface area (Å²) in [5.41, 5.74) is 3.04. The molecule has 7 heteroatoms. The zero-order valence-electron chi connectivity index (χ0n) is 19.8. The standard InChI is InChI=1S/C27H32N6O/c1-32(2)24-15-27(14-13-23(24)21-11-7-4-8-12-21)19-33(26(34)31-27)22-17-29-25(30-18-22)28-16-20-9-5-3-6-10-20/h3-12,17-18,23-24H,13-16,19H2,1-2H3,(H,31,34)(H,28,29,30)/t23?,24?,27-/m1/s1. The molecule has 1 saturated carbocycles. The molecule has 1 saturated heterocycles. The third kappa shape index (κ3) is 4.61. The maximum absolute atomic E-state index is 13.0. The van der Waals surface area contributed by atoms with E-state index in [-0.39, 0.29) is 11.6 Å². The Bertz CT molecular complexity index is 1100. The summed E-state index contributed by atoms with van der Waals surface area (Å²) in [6, 6.07) is 21.2. The fourth-order valence-electron chi connectivity index (χ4n) is 5.40. The van der Waals surface area contributed by atoms with Gasteiger partial charge in [0.05, 0.1) is 30.2 Å². The van der Waals surface area contributed by atoms with Gasteiger partial charge in [-0.25, -0.2) is 14.8 Å². The number of nitrogens with zero attached hydrogens (tertiary/aromatic N) is 4. The Labute approximate surface area is 201 Å². The van der Waals surface area contributed by atoms with Gasteiger partial charge in [-0.3, -0.25) is 4.90 Å². The molecule has 2 fully saturated rings. The number of carbonyl (C=O) groups is 1. The van der Waals surface area contributed by atoms with Crippen molar-refractivity contribution in [2.45, 2.75) is 43.3 Å². The molecule has 2 N–H and O–H groups in total. The zero-order valence-corrected chi connectivity index (χ0v) is 19.8. The van der Waals surface area contributed by atoms with Crippen molar-refractivity contribution in [3.05, 3.63) is 84.2 Å². The number of amides is 2. The van der Waals surface area contributed by atoms with E-state index in [1.54, 1.807) is 17.3 Å². The lowest BCUT2D eigenvalue weighted by Crippen LogP contribution is -2.54. The van der Waals surface area contributed by atoms with Gasteiger partial charge < -0.3 is 15.5 Å². The lowest BCUT2D eigenvalue weighted by Gasteiger charge is -2.45. The highest BCUT2D eigenvalue weighted by atomic mass is 16.2. The van der Waals surface area contributed by atoms with Gasteiger partial charge in [-0.2, -0.15) is 0 Å². The summed E-state index contributed by atoms with van der Waals surface area (Å²) in [4.78, 5) is 26.0. The maximum Gasteiger partial charge on any atom is 0.322 e. The highest BCUT2D eigenvalue weighted by Crippen LogP contribution is 2.42. The maximum atomic E-state index is 13.0. The number of likely N-dealkylation sites (N-methyl/N-ethyl adjacent to an activating group) is 1. The lowest BCUT2D eigenvalue weighted by molar-refractivity contribution is 0.135. The summed E-state index contributed by atoms with van der Waals surface area (Å²) >= 11 is 0. The van der Waals surface area contributed by atoms with Crippen LogP contribution in [0.4, 0.5) is 16.4 Å². The van der Waals surface area contributed by atoms with Crippen molar-refractivity contribution in [1.29, 1.82) is 0 Å². The van der Waals surface area contributed by atoms with Crippen LogP contribution >= 0.6 is 0 Å². The monoisotopic (exact) mass is 456 g/mol. The number of anilines is 2. The molecule has 7 nitrogen and oxygen atoms in total. The normalized spacial score (nSPS) is 24.4. The SMILES string of the molecule is CN(C)C1C[C@]2(CCC1c1ccccc1)CN(c1cnc(NCc3ccccc3)nc1)C(=O)N2. The first-order valence-corrected chi connectivity index (χ1v) is 11.9. The van der Waals surface area contributed by atoms with Crippen LogP contribution in [0.2, 0.25) is 0 Å². The first kappa shape index (κ1) is 22.3. The van der Waals surface area contributed by atoms with E-state index in [9.17, 15) is 4.79 Å². The number of aromatic nitrogens is 2. The van der Waals surface area contributed by atoms with Gasteiger partial charge in [0.1, 0.15) is 0 Å². The second kappa shape index (κ2) is 9.43. The Morgan fingerprint density at radius 2 is 1.74 bits per heavy atom. The average Bonchev–Trinajstić information content (AvgIpc) is 3.19. The molecule has 5 rings (SSSR count). The number of carbonyl (C=O) groups excluding carboxylic acids is 1. The molecule has 176 valence electrons. The van der Waals surface area contributed by atoms with E-state index in [2.05, 4.69) is 82.1 Å². The van der Waals surface area contributed by atoms with E-state index in [1.165, 1.54) is 5.56 Å². The predicted molar refractivity (Wildman–Crippen MR) is 135 cm³/mol. The van der Waals surface area contributed by atoms with Crippen LogP contribution in [0.3, 0.4) is 0 Å². The molecule has 34 heavy (non-hydrogen) atoms. The van der Waals surface area contributed by atoms with Crippen LogP contribution in [0.15, 0.2) is 73.1 Å². The van der Waals surface area contributed by atoms with Crippen LogP contribution in [0, 0.1) is 0 Å². The van der Waals surface area contributed by atoms with Crippen molar-refractivity contribution in [1.82, 2.24) is 20.2 Å². The van der Waals surface area contributed by atoms with Crippen LogP contribution in [0.25, 0.3) is 0 Å². The largest absolute Gasteiger partial charge is 0.350 e. The van der Waals surface area contributed by atoms with Crippen molar-refractivity contribution >= 4 is 17.7 Å². The van der Waals surface area contributed by atoms with Gasteiger partial charge >= 0.3 is 6.03 Å². The third-order valence-corrected chi connectivity index (χ3v) is 7.21. The van der Waals surface area contributed by atoms with Gasteiger partial charge in [0, 0.05) is 12.6 Å². The minimum absolute atomic E-state index is 0.0655. The quantitative estimate of drug-likeness (QED) is 0.580. The van der Waals surface area contributed by atoms with Crippen LogP contribution in [-0.4, -0.2) is 53.1 Å². The highest BCUT2D eigenvalue weighted by Gasteiger charge is 2.49. The van der Waals surface area contributed by atoms with Crippen molar-refractivity contribution < 1.29 is 4.79 Å². The van der Waals surface area contributed by atoms with E-state index in [4.69, 9.17) is 0 Å². The number of hydrogen-bond donors (Lipinski definition) is 2. The van der Waals surface area contributed by atoms with E-state index in [0.717, 1.165) is 30.5 Å². The number of nitrogens with one attached hydrogen (secondary N) is 2. The molecule has 1 aliphatic carbocycles. The topological polar surface area (TPSA) is 73.4 Å². The molecule has 3 aromatic rings. The molecule has 1 aliphatic heterocycles. The second-order valence-electron chi connectivity index (χ2n) is 9.69. The number of hydrogen-bond acceptors (Lipinski definition) is 5. The molecule has 0 radical (unpaired) electrons. The number of benzene rings is 2. The molecule has 2 aliphatic rings. The fourth-order valence-corrected chi connectivity index (χ4v) is 5.40. The summed E-state index contributed by atoms with van der Waals surface area (Å²) < 4.78 is 0. The second-order valence-corrected chi connectivity index (χ2v) is 9.69. The van der Waals surface area contributed by atoms with Crippen LogP contribution in [-0.2, 0) is 6.54 Å². The van der Waals surface area contributed by atoms with Gasteiger partial charge in [-0.1, -0.05) is 60.7 Å². The molecule has 2 aromatic carbocycles. The Morgan fingerprint density at radius 1 is 1.06 bits per heavy atom. The minimum Gasteiger partial charge on any atom is -0.350 e. The molecular weight excluding hydrogens is 424 g/mol. The van der Waals surface area contributed by atoms with Crippen molar-refractivity contribution in [2.24, 2.45) is 0 Å². The van der Waals surface area contributed by atoms with Gasteiger partial charge in [0.15, 0.2) is 0 Å². The van der Waals surface area contributed by atoms with Gasteiger partial charge in [-0.15, -0.1) is 0 Å². The number of rotatable bonds is 6. The smallest absolute Gasteiger partial charge is 0.322 e. The predicted octanol–water partition coefficient (Wildman–Crippen LogP) is 4.26. The first-order valence-electron chi connectivity index (χ1n) is 11.9. The summed E-state index contributed by atoms with van der Waals surface area (Å²) in [5.74, 6) is 1.02. The Hall–Kier alpha value is -3.45. The summed E-state index contributed by atoms with van der Waals surface area (Å²) in [7, 11) is 4.28. The minimum atomic E-state index is -0.235. The summed E-state index contributed by atoms with van der Waals surface area (Å²) in [6.45, 7) is 1.29. The molecule has 2 unspecified atom stereocenters. The molecular formula is C27H32N6O. The van der Waals surface area contributed by atoms with Crippen molar-refractivity contribution in [2.75, 3.05) is 30.9 Å². The fraction of sp³-hybridized carbons (Fsp3) is 0.370. The van der Waals surface area contributed by atoms with Crippen molar-refractivity contribution in [3.8, 4) is 0 Å². The molecule has 1 aromatic heterocycles. The summed E-state index contributed by atoms with van der Waals surface area (Å²) in [5, 5.41) is 6.56. The van der Waals surface area contributed by atoms with Gasteiger partial charge in [0.2, 0.25) is 5.95 Å². The van der Waals surface area contributed by atoms with Crippen molar-refractivity contribution in [3.63, 3.8) is 0 Å². The number of urea groups is 1. The molecule has 0 bridgehead atoms. The first-order chi connectivity index (χ1) is 16.5. The van der Waals surface area contributed by atoms with E-state index in [1.807, 2.05) is 18.2 Å². The van der Waals surface area contributed by atoms with E-state index in [0.29, 0.717) is 31.0 Å². The van der Waals surface area contributed by atoms with Gasteiger partial charge in [-0.05, 0) is 50.4 Å². The molecule has 1 spiro atoms. The van der Waals surface area contributed by atoms with Gasteiger partial charge in [0.25, 0.3) is 0 Å². The Balaban J connectivity index is 1.27. The zero-order chi connectivity index (χ0) is 23.5. The molecule has 2 amide bonds. The van der Waals surface area contributed by atoms with Crippen LogP contribution in [0.1, 0.15) is 36.3 Å². The van der Waals surface area contributed by atoms with Crippen LogP contribution < -0.4 is 15.5 Å². The van der Waals surface area contributed by atoms with E-state index < -0.39 is 0 Å². The Morgan fingerprint density at radius 3 is 2.41 bits per heavy atom. The molecule has 2 heterocycles. The highest BCUT2D eigenvalue weighted by molar-refractivity contribution is 5.95.